The summed E-state index contributed by atoms with van der Waals surface area (Å²) in [6.45, 7) is 3.24. The van der Waals surface area contributed by atoms with Crippen molar-refractivity contribution >= 4 is 5.95 Å². The zero-order valence-electron chi connectivity index (χ0n) is 14.0. The predicted molar refractivity (Wildman–Crippen MR) is 92.2 cm³/mol. The number of nitriles is 1. The van der Waals surface area contributed by atoms with E-state index in [9.17, 15) is 5.26 Å². The highest BCUT2D eigenvalue weighted by atomic mass is 16.5. The Morgan fingerprint density at radius 1 is 1.29 bits per heavy atom. The van der Waals surface area contributed by atoms with E-state index in [-0.39, 0.29) is 0 Å². The van der Waals surface area contributed by atoms with Gasteiger partial charge in [0.05, 0.1) is 18.4 Å². The smallest absolute Gasteiger partial charge is 0.226 e. The molecule has 0 saturated carbocycles. The minimum absolute atomic E-state index is 0.507. The first-order chi connectivity index (χ1) is 11.7. The van der Waals surface area contributed by atoms with Crippen molar-refractivity contribution in [2.75, 3.05) is 18.6 Å². The molecule has 122 valence electrons. The molecule has 5 heteroatoms. The topological polar surface area (TPSA) is 62.0 Å². The molecule has 1 fully saturated rings. The number of hydrogen-bond donors (Lipinski definition) is 0. The molecule has 2 heterocycles. The first kappa shape index (κ1) is 14.9. The first-order valence-electron chi connectivity index (χ1n) is 8.46. The SMILES string of the molecule is COc1cc(-c2nc(N3CC[C@@H]3C)nc3c2CCC3)ccc1C#N. The highest BCUT2D eigenvalue weighted by molar-refractivity contribution is 5.69. The second-order valence-electron chi connectivity index (χ2n) is 6.51. The van der Waals surface area contributed by atoms with Crippen LogP contribution in [0.15, 0.2) is 18.2 Å². The molecule has 1 aliphatic heterocycles. The Labute approximate surface area is 141 Å². The van der Waals surface area contributed by atoms with Gasteiger partial charge in [0.2, 0.25) is 5.95 Å². The number of nitrogens with zero attached hydrogens (tertiary/aromatic N) is 4. The van der Waals surface area contributed by atoms with Crippen molar-refractivity contribution in [1.82, 2.24) is 9.97 Å². The number of methoxy groups -OCH3 is 1. The molecule has 1 atom stereocenters. The van der Waals surface area contributed by atoms with E-state index in [1.807, 2.05) is 18.2 Å². The van der Waals surface area contributed by atoms with Gasteiger partial charge < -0.3 is 9.64 Å². The second-order valence-corrected chi connectivity index (χ2v) is 6.51. The molecule has 0 spiro atoms. The van der Waals surface area contributed by atoms with Crippen LogP contribution in [0.3, 0.4) is 0 Å². The van der Waals surface area contributed by atoms with E-state index in [4.69, 9.17) is 14.7 Å². The van der Waals surface area contributed by atoms with Crippen LogP contribution < -0.4 is 9.64 Å². The molecule has 2 aromatic rings. The molecule has 1 saturated heterocycles. The van der Waals surface area contributed by atoms with E-state index in [2.05, 4.69) is 17.9 Å². The van der Waals surface area contributed by atoms with Crippen molar-refractivity contribution in [1.29, 1.82) is 5.26 Å². The lowest BCUT2D eigenvalue weighted by Gasteiger charge is -2.39. The average molecular weight is 320 g/mol. The maximum Gasteiger partial charge on any atom is 0.226 e. The van der Waals surface area contributed by atoms with Crippen LogP contribution in [0.1, 0.15) is 36.6 Å². The molecule has 1 aromatic heterocycles. The van der Waals surface area contributed by atoms with Crippen LogP contribution in [0, 0.1) is 11.3 Å². The van der Waals surface area contributed by atoms with E-state index in [1.165, 1.54) is 17.7 Å². The summed E-state index contributed by atoms with van der Waals surface area (Å²) in [7, 11) is 1.59. The van der Waals surface area contributed by atoms with Gasteiger partial charge in [-0.3, -0.25) is 0 Å². The standard InChI is InChI=1S/C19H20N4O/c1-12-8-9-23(12)19-21-16-5-3-4-15(16)18(22-19)13-6-7-14(11-20)17(10-13)24-2/h6-7,10,12H,3-5,8-9H2,1-2H3/t12-/m0/s1. The van der Waals surface area contributed by atoms with Crippen LogP contribution in [-0.2, 0) is 12.8 Å². The monoisotopic (exact) mass is 320 g/mol. The van der Waals surface area contributed by atoms with Crippen LogP contribution in [0.25, 0.3) is 11.3 Å². The molecule has 0 radical (unpaired) electrons. The predicted octanol–water partition coefficient (Wildman–Crippen LogP) is 3.11. The number of ether oxygens (including phenoxy) is 1. The van der Waals surface area contributed by atoms with Crippen LogP contribution in [0.4, 0.5) is 5.95 Å². The molecule has 4 rings (SSSR count). The summed E-state index contributed by atoms with van der Waals surface area (Å²) in [6.07, 6.45) is 4.36. The Kier molecular flexibility index (Phi) is 3.61. The third-order valence-electron chi connectivity index (χ3n) is 5.09. The van der Waals surface area contributed by atoms with Crippen LogP contribution >= 0.6 is 0 Å². The van der Waals surface area contributed by atoms with Gasteiger partial charge >= 0.3 is 0 Å². The van der Waals surface area contributed by atoms with Crippen molar-refractivity contribution < 1.29 is 4.74 Å². The summed E-state index contributed by atoms with van der Waals surface area (Å²) < 4.78 is 5.37. The highest BCUT2D eigenvalue weighted by Gasteiger charge is 2.29. The fourth-order valence-corrected chi connectivity index (χ4v) is 3.53. The summed E-state index contributed by atoms with van der Waals surface area (Å²) in [5, 5.41) is 9.19. The maximum absolute atomic E-state index is 9.19. The fourth-order valence-electron chi connectivity index (χ4n) is 3.53. The van der Waals surface area contributed by atoms with Crippen LogP contribution in [0.2, 0.25) is 0 Å². The number of aryl methyl sites for hydroxylation is 1. The highest BCUT2D eigenvalue weighted by Crippen LogP contribution is 2.35. The largest absolute Gasteiger partial charge is 0.495 e. The summed E-state index contributed by atoms with van der Waals surface area (Å²) in [5.41, 5.74) is 4.97. The zero-order valence-corrected chi connectivity index (χ0v) is 14.0. The van der Waals surface area contributed by atoms with Gasteiger partial charge in [0.25, 0.3) is 0 Å². The van der Waals surface area contributed by atoms with Gasteiger partial charge in [0.1, 0.15) is 11.8 Å². The molecule has 0 bridgehead atoms. The molecule has 1 aliphatic carbocycles. The number of rotatable bonds is 3. The van der Waals surface area contributed by atoms with E-state index >= 15 is 0 Å². The third kappa shape index (κ3) is 2.30. The molecular weight excluding hydrogens is 300 g/mol. The average Bonchev–Trinajstić information content (AvgIpc) is 3.07. The van der Waals surface area contributed by atoms with Crippen LogP contribution in [0.5, 0.6) is 5.75 Å². The molecule has 0 amide bonds. The molecule has 0 N–H and O–H groups in total. The van der Waals surface area contributed by atoms with E-state index in [0.29, 0.717) is 17.4 Å². The lowest BCUT2D eigenvalue weighted by atomic mass is 10.0. The summed E-state index contributed by atoms with van der Waals surface area (Å²) in [6, 6.07) is 8.36. The zero-order chi connectivity index (χ0) is 16.7. The van der Waals surface area contributed by atoms with Gasteiger partial charge in [-0.25, -0.2) is 9.97 Å². The quantitative estimate of drug-likeness (QED) is 0.869. The molecule has 24 heavy (non-hydrogen) atoms. The number of anilines is 1. The number of benzene rings is 1. The van der Waals surface area contributed by atoms with Gasteiger partial charge in [-0.05, 0) is 44.7 Å². The normalized spacial score (nSPS) is 18.7. The number of fused-ring (bicyclic) bond motifs is 1. The number of hydrogen-bond acceptors (Lipinski definition) is 5. The molecular formula is C19H20N4O. The minimum Gasteiger partial charge on any atom is -0.495 e. The van der Waals surface area contributed by atoms with Gasteiger partial charge in [0, 0.05) is 29.4 Å². The molecule has 5 nitrogen and oxygen atoms in total. The Balaban J connectivity index is 1.84. The number of aromatic nitrogens is 2. The summed E-state index contributed by atoms with van der Waals surface area (Å²) >= 11 is 0. The van der Waals surface area contributed by atoms with Crippen molar-refractivity contribution in [3.05, 3.63) is 35.0 Å². The maximum atomic E-state index is 9.19. The molecule has 0 unspecified atom stereocenters. The Morgan fingerprint density at radius 3 is 2.83 bits per heavy atom. The lowest BCUT2D eigenvalue weighted by molar-refractivity contribution is 0.413. The van der Waals surface area contributed by atoms with Gasteiger partial charge in [-0.2, -0.15) is 5.26 Å². The Bertz CT molecular complexity index is 840. The first-order valence-corrected chi connectivity index (χ1v) is 8.46. The summed E-state index contributed by atoms with van der Waals surface area (Å²) in [5.74, 6) is 1.44. The van der Waals surface area contributed by atoms with Crippen molar-refractivity contribution in [2.45, 2.75) is 38.6 Å². The Hall–Kier alpha value is -2.61. The third-order valence-corrected chi connectivity index (χ3v) is 5.09. The van der Waals surface area contributed by atoms with Gasteiger partial charge in [0.15, 0.2) is 0 Å². The van der Waals surface area contributed by atoms with E-state index in [0.717, 1.165) is 43.0 Å². The van der Waals surface area contributed by atoms with Gasteiger partial charge in [-0.15, -0.1) is 0 Å². The second kappa shape index (κ2) is 5.79. The van der Waals surface area contributed by atoms with Gasteiger partial charge in [-0.1, -0.05) is 6.07 Å². The van der Waals surface area contributed by atoms with E-state index in [1.54, 1.807) is 7.11 Å². The molecule has 2 aliphatic rings. The van der Waals surface area contributed by atoms with Crippen molar-refractivity contribution in [3.8, 4) is 23.1 Å². The summed E-state index contributed by atoms with van der Waals surface area (Å²) in [4.78, 5) is 12.0. The van der Waals surface area contributed by atoms with E-state index < -0.39 is 0 Å². The lowest BCUT2D eigenvalue weighted by Crippen LogP contribution is -2.46. The minimum atomic E-state index is 0.507. The van der Waals surface area contributed by atoms with Crippen LogP contribution in [-0.4, -0.2) is 29.7 Å². The van der Waals surface area contributed by atoms with Crippen molar-refractivity contribution in [2.24, 2.45) is 0 Å². The Morgan fingerprint density at radius 2 is 2.17 bits per heavy atom. The molecule has 1 aromatic carbocycles. The fraction of sp³-hybridized carbons (Fsp3) is 0.421. The van der Waals surface area contributed by atoms with Crippen molar-refractivity contribution in [3.63, 3.8) is 0 Å².